The van der Waals surface area contributed by atoms with Gasteiger partial charge in [0.1, 0.15) is 5.75 Å². The predicted molar refractivity (Wildman–Crippen MR) is 89.4 cm³/mol. The monoisotopic (exact) mass is 345 g/mol. The lowest BCUT2D eigenvalue weighted by molar-refractivity contribution is -0.129. The molecule has 2 N–H and O–H groups in total. The quantitative estimate of drug-likeness (QED) is 0.926. The lowest BCUT2D eigenvalue weighted by Crippen LogP contribution is -2.41. The minimum absolute atomic E-state index is 0.00874. The van der Waals surface area contributed by atoms with Gasteiger partial charge in [0, 0.05) is 7.05 Å². The Labute approximate surface area is 143 Å². The van der Waals surface area contributed by atoms with Crippen molar-refractivity contribution in [3.8, 4) is 5.75 Å². The van der Waals surface area contributed by atoms with Crippen LogP contribution in [0.15, 0.2) is 53.5 Å². The summed E-state index contributed by atoms with van der Waals surface area (Å²) in [4.78, 5) is 18.8. The van der Waals surface area contributed by atoms with Crippen LogP contribution in [0.25, 0.3) is 0 Å². The molecule has 1 unspecified atom stereocenters. The maximum atomic E-state index is 13.0. The number of hydrogen-bond acceptors (Lipinski definition) is 4. The molecule has 0 fully saturated rings. The summed E-state index contributed by atoms with van der Waals surface area (Å²) in [6.45, 7) is -1.04. The third-order valence-corrected chi connectivity index (χ3v) is 4.27. The van der Waals surface area contributed by atoms with Crippen molar-refractivity contribution in [2.75, 3.05) is 7.05 Å². The fraction of sp³-hybridized carbons (Fsp3) is 0.222. The molecule has 25 heavy (non-hydrogen) atoms. The SMILES string of the molecule is Cc1ccccc1C1(c2ccc(OC(F)F)cc2)N=C(N)N(C)C1=O. The van der Waals surface area contributed by atoms with E-state index in [-0.39, 0.29) is 17.6 Å². The molecule has 1 atom stereocenters. The Morgan fingerprint density at radius 1 is 1.16 bits per heavy atom. The topological polar surface area (TPSA) is 67.9 Å². The molecule has 3 rings (SSSR count). The Morgan fingerprint density at radius 3 is 2.32 bits per heavy atom. The van der Waals surface area contributed by atoms with Crippen LogP contribution in [-0.2, 0) is 10.3 Å². The molecule has 1 amide bonds. The lowest BCUT2D eigenvalue weighted by atomic mass is 9.80. The minimum Gasteiger partial charge on any atom is -0.435 e. The first-order valence-electron chi connectivity index (χ1n) is 7.61. The molecule has 0 spiro atoms. The number of nitrogens with zero attached hydrogens (tertiary/aromatic N) is 2. The summed E-state index contributed by atoms with van der Waals surface area (Å²) in [6, 6.07) is 13.3. The molecule has 0 saturated heterocycles. The second-order valence-electron chi connectivity index (χ2n) is 5.76. The number of amides is 1. The van der Waals surface area contributed by atoms with E-state index in [0.29, 0.717) is 11.1 Å². The van der Waals surface area contributed by atoms with E-state index in [2.05, 4.69) is 9.73 Å². The molecule has 1 heterocycles. The number of hydrogen-bond donors (Lipinski definition) is 1. The Bertz CT molecular complexity index is 836. The number of alkyl halides is 2. The van der Waals surface area contributed by atoms with Crippen molar-refractivity contribution < 1.29 is 18.3 Å². The Kier molecular flexibility index (Phi) is 4.16. The van der Waals surface area contributed by atoms with Gasteiger partial charge in [-0.2, -0.15) is 8.78 Å². The number of halogens is 2. The summed E-state index contributed by atoms with van der Waals surface area (Å²) in [5, 5.41) is 0. The van der Waals surface area contributed by atoms with Gasteiger partial charge in [0.25, 0.3) is 5.91 Å². The highest BCUT2D eigenvalue weighted by Gasteiger charge is 2.50. The number of nitrogens with two attached hydrogens (primary N) is 1. The molecule has 2 aromatic carbocycles. The number of likely N-dealkylation sites (N-methyl/N-ethyl adjacent to an activating group) is 1. The van der Waals surface area contributed by atoms with Crippen molar-refractivity contribution in [1.29, 1.82) is 0 Å². The van der Waals surface area contributed by atoms with Crippen LogP contribution in [0.4, 0.5) is 8.78 Å². The highest BCUT2D eigenvalue weighted by Crippen LogP contribution is 2.41. The number of carbonyl (C=O) groups excluding carboxylic acids is 1. The largest absolute Gasteiger partial charge is 0.435 e. The summed E-state index contributed by atoms with van der Waals surface area (Å²) in [5.74, 6) is -0.197. The van der Waals surface area contributed by atoms with Crippen LogP contribution in [0.5, 0.6) is 5.75 Å². The molecule has 130 valence electrons. The van der Waals surface area contributed by atoms with E-state index in [1.165, 1.54) is 17.0 Å². The van der Waals surface area contributed by atoms with Crippen molar-refractivity contribution in [1.82, 2.24) is 4.90 Å². The third-order valence-electron chi connectivity index (χ3n) is 4.27. The molecule has 1 aliphatic heterocycles. The van der Waals surface area contributed by atoms with E-state index in [0.717, 1.165) is 5.56 Å². The van der Waals surface area contributed by atoms with Gasteiger partial charge in [-0.25, -0.2) is 4.99 Å². The number of benzene rings is 2. The number of aryl methyl sites for hydroxylation is 1. The van der Waals surface area contributed by atoms with Crippen LogP contribution in [0.1, 0.15) is 16.7 Å². The van der Waals surface area contributed by atoms with E-state index < -0.39 is 12.2 Å². The second kappa shape index (κ2) is 6.16. The van der Waals surface area contributed by atoms with Gasteiger partial charge in [-0.05, 0) is 35.7 Å². The molecule has 0 bridgehead atoms. The Hall–Kier alpha value is -2.96. The van der Waals surface area contributed by atoms with Gasteiger partial charge < -0.3 is 10.5 Å². The number of guanidine groups is 1. The molecular weight excluding hydrogens is 328 g/mol. The van der Waals surface area contributed by atoms with Gasteiger partial charge in [-0.1, -0.05) is 36.4 Å². The predicted octanol–water partition coefficient (Wildman–Crippen LogP) is 2.63. The first-order valence-corrected chi connectivity index (χ1v) is 7.61. The van der Waals surface area contributed by atoms with E-state index in [9.17, 15) is 13.6 Å². The van der Waals surface area contributed by atoms with Crippen molar-refractivity contribution in [2.24, 2.45) is 10.7 Å². The van der Waals surface area contributed by atoms with Crippen LogP contribution in [0.2, 0.25) is 0 Å². The summed E-state index contributed by atoms with van der Waals surface area (Å²) in [6.07, 6.45) is 0. The van der Waals surface area contributed by atoms with Crippen molar-refractivity contribution >= 4 is 11.9 Å². The molecular formula is C18H17F2N3O2. The molecule has 1 aliphatic rings. The highest BCUT2D eigenvalue weighted by atomic mass is 19.3. The van der Waals surface area contributed by atoms with Gasteiger partial charge in [-0.15, -0.1) is 0 Å². The summed E-state index contributed by atoms with van der Waals surface area (Å²) in [7, 11) is 1.55. The lowest BCUT2D eigenvalue weighted by Gasteiger charge is -2.27. The summed E-state index contributed by atoms with van der Waals surface area (Å²) in [5.41, 5.74) is 6.65. The molecule has 2 aromatic rings. The molecule has 0 aromatic heterocycles. The first-order chi connectivity index (χ1) is 11.9. The van der Waals surface area contributed by atoms with E-state index in [1.807, 2.05) is 31.2 Å². The average Bonchev–Trinajstić information content (AvgIpc) is 2.80. The Morgan fingerprint density at radius 2 is 1.80 bits per heavy atom. The first kappa shape index (κ1) is 16.9. The fourth-order valence-corrected chi connectivity index (χ4v) is 3.02. The summed E-state index contributed by atoms with van der Waals surface area (Å²) >= 11 is 0. The van der Waals surface area contributed by atoms with Crippen LogP contribution < -0.4 is 10.5 Å². The molecule has 0 saturated carbocycles. The number of ether oxygens (including phenoxy) is 1. The van der Waals surface area contributed by atoms with Crippen LogP contribution >= 0.6 is 0 Å². The minimum atomic E-state index is -2.91. The Balaban J connectivity index is 2.17. The maximum absolute atomic E-state index is 13.0. The van der Waals surface area contributed by atoms with Crippen molar-refractivity contribution in [2.45, 2.75) is 19.1 Å². The van der Waals surface area contributed by atoms with Gasteiger partial charge in [-0.3, -0.25) is 9.69 Å². The maximum Gasteiger partial charge on any atom is 0.387 e. The van der Waals surface area contributed by atoms with Crippen LogP contribution in [-0.4, -0.2) is 30.4 Å². The zero-order valence-electron chi connectivity index (χ0n) is 13.7. The van der Waals surface area contributed by atoms with Crippen LogP contribution in [0.3, 0.4) is 0 Å². The molecule has 7 heteroatoms. The van der Waals surface area contributed by atoms with E-state index >= 15 is 0 Å². The zero-order valence-corrected chi connectivity index (χ0v) is 13.7. The molecule has 0 aliphatic carbocycles. The van der Waals surface area contributed by atoms with Gasteiger partial charge in [0.05, 0.1) is 0 Å². The third kappa shape index (κ3) is 2.71. The van der Waals surface area contributed by atoms with Crippen molar-refractivity contribution in [3.05, 3.63) is 65.2 Å². The van der Waals surface area contributed by atoms with Crippen LogP contribution in [0, 0.1) is 6.92 Å². The number of rotatable bonds is 4. The molecule has 5 nitrogen and oxygen atoms in total. The number of carbonyl (C=O) groups is 1. The normalized spacial score (nSPS) is 20.1. The van der Waals surface area contributed by atoms with Gasteiger partial charge in [0.2, 0.25) is 0 Å². The standard InChI is InChI=1S/C18H17F2N3O2/c1-11-5-3-4-6-14(11)18(15(24)23(2)17(21)22-18)12-7-9-13(10-8-12)25-16(19)20/h3-10,16H,1-2H3,(H2,21,22). The van der Waals surface area contributed by atoms with Gasteiger partial charge in [0.15, 0.2) is 11.5 Å². The second-order valence-corrected chi connectivity index (χ2v) is 5.76. The molecule has 0 radical (unpaired) electrons. The fourth-order valence-electron chi connectivity index (χ4n) is 3.02. The van der Waals surface area contributed by atoms with E-state index in [1.54, 1.807) is 19.2 Å². The highest BCUT2D eigenvalue weighted by molar-refractivity contribution is 6.09. The summed E-state index contributed by atoms with van der Waals surface area (Å²) < 4.78 is 29.1. The number of aliphatic imine (C=N–C) groups is 1. The zero-order chi connectivity index (χ0) is 18.2. The van der Waals surface area contributed by atoms with Gasteiger partial charge >= 0.3 is 6.61 Å². The van der Waals surface area contributed by atoms with Crippen molar-refractivity contribution in [3.63, 3.8) is 0 Å². The smallest absolute Gasteiger partial charge is 0.387 e. The average molecular weight is 345 g/mol. The van der Waals surface area contributed by atoms with E-state index in [4.69, 9.17) is 5.73 Å².